The Kier molecular flexibility index (Phi) is 6.58. The Morgan fingerprint density at radius 2 is 1.76 bits per heavy atom. The molecule has 2 heterocycles. The van der Waals surface area contributed by atoms with Crippen LogP contribution >= 0.6 is 0 Å². The molecule has 9 heteroatoms. The first-order valence-electron chi connectivity index (χ1n) is 10.4. The van der Waals surface area contributed by atoms with Crippen LogP contribution in [-0.2, 0) is 24.3 Å². The van der Waals surface area contributed by atoms with Gasteiger partial charge in [-0.2, -0.15) is 9.49 Å². The van der Waals surface area contributed by atoms with Gasteiger partial charge in [0.05, 0.1) is 12.1 Å². The van der Waals surface area contributed by atoms with Crippen LogP contribution in [0.4, 0.5) is 16.0 Å². The number of halogens is 1. The zero-order chi connectivity index (χ0) is 23.2. The zero-order valence-electron chi connectivity index (χ0n) is 18.1. The molecule has 168 valence electrons. The number of anilines is 2. The number of primary amides is 1. The van der Waals surface area contributed by atoms with Gasteiger partial charge in [0.25, 0.3) is 0 Å². The molecule has 0 saturated carbocycles. The molecule has 0 spiro atoms. The van der Waals surface area contributed by atoms with E-state index in [0.717, 1.165) is 22.4 Å². The Hall–Kier alpha value is -4.27. The molecule has 0 atom stereocenters. The van der Waals surface area contributed by atoms with Gasteiger partial charge >= 0.3 is 0 Å². The molecular weight excluding hydrogens is 421 g/mol. The van der Waals surface area contributed by atoms with Crippen molar-refractivity contribution < 1.29 is 9.18 Å². The summed E-state index contributed by atoms with van der Waals surface area (Å²) in [6.45, 7) is 0.858. The lowest BCUT2D eigenvalue weighted by atomic mass is 10.1. The van der Waals surface area contributed by atoms with E-state index in [1.54, 1.807) is 22.8 Å². The fourth-order valence-corrected chi connectivity index (χ4v) is 3.44. The highest BCUT2D eigenvalue weighted by Crippen LogP contribution is 2.22. The molecule has 8 nitrogen and oxygen atoms in total. The molecule has 0 radical (unpaired) electrons. The second kappa shape index (κ2) is 9.90. The highest BCUT2D eigenvalue weighted by Gasteiger charge is 2.15. The molecule has 0 fully saturated rings. The molecule has 0 saturated heterocycles. The van der Waals surface area contributed by atoms with Gasteiger partial charge in [-0.15, -0.1) is 0 Å². The number of hydrogen-bond acceptors (Lipinski definition) is 6. The van der Waals surface area contributed by atoms with E-state index in [9.17, 15) is 4.79 Å². The normalized spacial score (nSPS) is 10.7. The number of carbonyl (C=O) groups is 1. The zero-order valence-corrected chi connectivity index (χ0v) is 18.1. The topological polar surface area (TPSA) is 102 Å². The standard InChI is InChI=1S/C24H24FN7O/c1-31(15-19-7-9-20(10-8-19)32-12-2-11-30-32)24-22(25)23(28-16-29-24)27-14-18-5-3-17(4-6-18)13-21(26)33/h2-12,16H,13-15H2,1H3,(H2,26,33)(H,27,28,29). The molecule has 0 aliphatic rings. The van der Waals surface area contributed by atoms with Crippen LogP contribution in [0.25, 0.3) is 5.69 Å². The second-order valence-electron chi connectivity index (χ2n) is 7.65. The minimum absolute atomic E-state index is 0.127. The lowest BCUT2D eigenvalue weighted by Crippen LogP contribution is -2.20. The maximum Gasteiger partial charge on any atom is 0.221 e. The molecule has 1 amide bonds. The van der Waals surface area contributed by atoms with Gasteiger partial charge in [0.15, 0.2) is 11.6 Å². The van der Waals surface area contributed by atoms with Crippen LogP contribution in [-0.4, -0.2) is 32.7 Å². The number of hydrogen-bond donors (Lipinski definition) is 2. The van der Waals surface area contributed by atoms with E-state index in [0.29, 0.717) is 13.1 Å². The lowest BCUT2D eigenvalue weighted by molar-refractivity contribution is -0.117. The summed E-state index contributed by atoms with van der Waals surface area (Å²) in [6, 6.07) is 17.1. The fraction of sp³-hybridized carbons (Fsp3) is 0.167. The molecule has 33 heavy (non-hydrogen) atoms. The molecule has 3 N–H and O–H groups in total. The van der Waals surface area contributed by atoms with Crippen molar-refractivity contribution in [2.75, 3.05) is 17.3 Å². The van der Waals surface area contributed by atoms with Crippen LogP contribution in [0.3, 0.4) is 0 Å². The largest absolute Gasteiger partial charge is 0.369 e. The van der Waals surface area contributed by atoms with Gasteiger partial charge in [0.1, 0.15) is 6.33 Å². The molecule has 2 aromatic heterocycles. The van der Waals surface area contributed by atoms with Crippen LogP contribution < -0.4 is 16.0 Å². The molecule has 0 unspecified atom stereocenters. The van der Waals surface area contributed by atoms with Gasteiger partial charge in [-0.05, 0) is 34.9 Å². The smallest absolute Gasteiger partial charge is 0.221 e. The van der Waals surface area contributed by atoms with Gasteiger partial charge < -0.3 is 16.0 Å². The van der Waals surface area contributed by atoms with Crippen molar-refractivity contribution in [1.82, 2.24) is 19.7 Å². The summed E-state index contributed by atoms with van der Waals surface area (Å²) in [5.74, 6) is -0.560. The third kappa shape index (κ3) is 5.51. The number of amides is 1. The van der Waals surface area contributed by atoms with Crippen LogP contribution in [0.2, 0.25) is 0 Å². The third-order valence-corrected chi connectivity index (χ3v) is 5.12. The molecular formula is C24H24FN7O. The first kappa shape index (κ1) is 21.9. The van der Waals surface area contributed by atoms with Crippen LogP contribution in [0, 0.1) is 5.82 Å². The summed E-state index contributed by atoms with van der Waals surface area (Å²) < 4.78 is 16.9. The van der Waals surface area contributed by atoms with E-state index >= 15 is 4.39 Å². The van der Waals surface area contributed by atoms with Gasteiger partial charge in [-0.1, -0.05) is 36.4 Å². The fourth-order valence-electron chi connectivity index (χ4n) is 3.44. The van der Waals surface area contributed by atoms with Crippen LogP contribution in [0.15, 0.2) is 73.3 Å². The van der Waals surface area contributed by atoms with Crippen LogP contribution in [0.5, 0.6) is 0 Å². The predicted molar refractivity (Wildman–Crippen MR) is 124 cm³/mol. The Morgan fingerprint density at radius 3 is 2.42 bits per heavy atom. The van der Waals surface area contributed by atoms with Crippen molar-refractivity contribution in [3.63, 3.8) is 0 Å². The van der Waals surface area contributed by atoms with E-state index in [-0.39, 0.29) is 24.0 Å². The lowest BCUT2D eigenvalue weighted by Gasteiger charge is -2.20. The van der Waals surface area contributed by atoms with E-state index in [4.69, 9.17) is 5.73 Å². The molecule has 4 aromatic rings. The van der Waals surface area contributed by atoms with Crippen molar-refractivity contribution in [1.29, 1.82) is 0 Å². The van der Waals surface area contributed by atoms with Crippen LogP contribution in [0.1, 0.15) is 16.7 Å². The van der Waals surface area contributed by atoms with E-state index in [1.165, 1.54) is 6.33 Å². The number of nitrogens with one attached hydrogen (secondary N) is 1. The molecule has 4 rings (SSSR count). The maximum atomic E-state index is 15.1. The highest BCUT2D eigenvalue weighted by atomic mass is 19.1. The van der Waals surface area contributed by atoms with Gasteiger partial charge in [0.2, 0.25) is 11.7 Å². The predicted octanol–water partition coefficient (Wildman–Crippen LogP) is 3.08. The minimum atomic E-state index is -0.515. The van der Waals surface area contributed by atoms with E-state index in [1.807, 2.05) is 60.8 Å². The second-order valence-corrected chi connectivity index (χ2v) is 7.65. The maximum absolute atomic E-state index is 15.1. The first-order chi connectivity index (χ1) is 16.0. The Balaban J connectivity index is 1.40. The van der Waals surface area contributed by atoms with Crippen molar-refractivity contribution in [3.8, 4) is 5.69 Å². The SMILES string of the molecule is CN(Cc1ccc(-n2cccn2)cc1)c1ncnc(NCc2ccc(CC(N)=O)cc2)c1F. The highest BCUT2D eigenvalue weighted by molar-refractivity contribution is 5.76. The van der Waals surface area contributed by atoms with E-state index < -0.39 is 5.82 Å². The van der Waals surface area contributed by atoms with Crippen molar-refractivity contribution in [3.05, 3.63) is 95.8 Å². The average Bonchev–Trinajstić information content (AvgIpc) is 3.34. The Morgan fingerprint density at radius 1 is 1.06 bits per heavy atom. The molecule has 0 aliphatic heterocycles. The number of nitrogens with zero attached hydrogens (tertiary/aromatic N) is 5. The Bertz CT molecular complexity index is 1210. The van der Waals surface area contributed by atoms with E-state index in [2.05, 4.69) is 20.4 Å². The first-order valence-corrected chi connectivity index (χ1v) is 10.4. The summed E-state index contributed by atoms with van der Waals surface area (Å²) in [5, 5.41) is 7.23. The number of nitrogens with two attached hydrogens (primary N) is 1. The molecule has 2 aromatic carbocycles. The third-order valence-electron chi connectivity index (χ3n) is 5.12. The monoisotopic (exact) mass is 445 g/mol. The van der Waals surface area contributed by atoms with Crippen molar-refractivity contribution in [2.45, 2.75) is 19.5 Å². The molecule has 0 bridgehead atoms. The summed E-state index contributed by atoms with van der Waals surface area (Å²) >= 11 is 0. The average molecular weight is 446 g/mol. The minimum Gasteiger partial charge on any atom is -0.369 e. The number of rotatable bonds is 9. The number of carbonyl (C=O) groups excluding carboxylic acids is 1. The van der Waals surface area contributed by atoms with Gasteiger partial charge in [-0.3, -0.25) is 4.79 Å². The Labute approximate surface area is 190 Å². The van der Waals surface area contributed by atoms with Crippen molar-refractivity contribution >= 4 is 17.5 Å². The van der Waals surface area contributed by atoms with Crippen molar-refractivity contribution in [2.24, 2.45) is 5.73 Å². The summed E-state index contributed by atoms with van der Waals surface area (Å²) in [6.07, 6.45) is 5.13. The molecule has 0 aliphatic carbocycles. The van der Waals surface area contributed by atoms with Gasteiger partial charge in [-0.25, -0.2) is 14.6 Å². The summed E-state index contributed by atoms with van der Waals surface area (Å²) in [4.78, 5) is 20.9. The quantitative estimate of drug-likeness (QED) is 0.411. The van der Waals surface area contributed by atoms with Gasteiger partial charge in [0, 0.05) is 32.5 Å². The summed E-state index contributed by atoms with van der Waals surface area (Å²) in [7, 11) is 1.79. The number of aromatic nitrogens is 4. The number of benzene rings is 2. The summed E-state index contributed by atoms with van der Waals surface area (Å²) in [5.41, 5.74) is 8.94.